The molecule has 2 N–H and O–H groups in total. The fourth-order valence-electron chi connectivity index (χ4n) is 1.43. The lowest BCUT2D eigenvalue weighted by Gasteiger charge is -2.15. The summed E-state index contributed by atoms with van der Waals surface area (Å²) >= 11 is 0. The van der Waals surface area contributed by atoms with E-state index in [0.29, 0.717) is 12.0 Å². The SMILES string of the molecule is C=CC[C@@H](N)c1cc(OC)cc(C(F)(F)F)c1.Cl. The summed E-state index contributed by atoms with van der Waals surface area (Å²) in [4.78, 5) is 0. The molecule has 0 saturated heterocycles. The number of methoxy groups -OCH3 is 1. The van der Waals surface area contributed by atoms with Crippen molar-refractivity contribution in [2.24, 2.45) is 5.73 Å². The highest BCUT2D eigenvalue weighted by Crippen LogP contribution is 2.34. The van der Waals surface area contributed by atoms with E-state index in [-0.39, 0.29) is 18.2 Å². The van der Waals surface area contributed by atoms with E-state index in [9.17, 15) is 13.2 Å². The Hall–Kier alpha value is -1.20. The van der Waals surface area contributed by atoms with Crippen LogP contribution in [0.5, 0.6) is 5.75 Å². The normalized spacial score (nSPS) is 12.5. The predicted octanol–water partition coefficient (Wildman–Crippen LogP) is 3.71. The average molecular weight is 282 g/mol. The summed E-state index contributed by atoms with van der Waals surface area (Å²) in [6.45, 7) is 3.51. The lowest BCUT2D eigenvalue weighted by molar-refractivity contribution is -0.137. The molecule has 0 aliphatic heterocycles. The zero-order valence-corrected chi connectivity index (χ0v) is 10.6. The smallest absolute Gasteiger partial charge is 0.416 e. The monoisotopic (exact) mass is 281 g/mol. The molecule has 1 rings (SSSR count). The first-order valence-corrected chi connectivity index (χ1v) is 5.01. The van der Waals surface area contributed by atoms with Crippen molar-refractivity contribution >= 4 is 12.4 Å². The maximum atomic E-state index is 12.6. The summed E-state index contributed by atoms with van der Waals surface area (Å²) < 4.78 is 42.7. The Bertz CT molecular complexity index is 407. The van der Waals surface area contributed by atoms with Crippen molar-refractivity contribution in [2.75, 3.05) is 7.11 Å². The molecule has 18 heavy (non-hydrogen) atoms. The van der Waals surface area contributed by atoms with Crippen LogP contribution in [-0.4, -0.2) is 7.11 Å². The Kier molecular flexibility index (Phi) is 6.21. The van der Waals surface area contributed by atoms with Gasteiger partial charge < -0.3 is 10.5 Å². The van der Waals surface area contributed by atoms with E-state index < -0.39 is 17.8 Å². The Balaban J connectivity index is 0.00000289. The quantitative estimate of drug-likeness (QED) is 0.854. The molecule has 0 radical (unpaired) electrons. The van der Waals surface area contributed by atoms with Crippen LogP contribution < -0.4 is 10.5 Å². The second-order valence-corrected chi connectivity index (χ2v) is 3.62. The molecule has 102 valence electrons. The van der Waals surface area contributed by atoms with Crippen LogP contribution in [0.25, 0.3) is 0 Å². The van der Waals surface area contributed by atoms with Gasteiger partial charge in [0.05, 0.1) is 12.7 Å². The molecule has 0 aromatic heterocycles. The number of alkyl halides is 3. The molecule has 1 aromatic carbocycles. The summed E-state index contributed by atoms with van der Waals surface area (Å²) in [6.07, 6.45) is -2.43. The van der Waals surface area contributed by atoms with Crippen molar-refractivity contribution in [1.82, 2.24) is 0 Å². The third-order valence-corrected chi connectivity index (χ3v) is 2.34. The van der Waals surface area contributed by atoms with E-state index in [4.69, 9.17) is 10.5 Å². The first kappa shape index (κ1) is 16.8. The molecule has 0 aliphatic carbocycles. The summed E-state index contributed by atoms with van der Waals surface area (Å²) in [5.41, 5.74) is 5.37. The Morgan fingerprint density at radius 1 is 1.39 bits per heavy atom. The van der Waals surface area contributed by atoms with E-state index in [1.807, 2.05) is 0 Å². The lowest BCUT2D eigenvalue weighted by atomic mass is 10.0. The zero-order valence-electron chi connectivity index (χ0n) is 9.83. The Morgan fingerprint density at radius 3 is 2.44 bits per heavy atom. The maximum absolute atomic E-state index is 12.6. The summed E-state index contributed by atoms with van der Waals surface area (Å²) in [6, 6.07) is 2.98. The molecule has 6 heteroatoms. The second kappa shape index (κ2) is 6.66. The molecule has 0 aliphatic rings. The van der Waals surface area contributed by atoms with Crippen molar-refractivity contribution in [3.05, 3.63) is 42.0 Å². The Labute approximate surface area is 110 Å². The molecular weight excluding hydrogens is 267 g/mol. The van der Waals surface area contributed by atoms with Crippen molar-refractivity contribution < 1.29 is 17.9 Å². The zero-order chi connectivity index (χ0) is 13.1. The number of rotatable bonds is 4. The summed E-state index contributed by atoms with van der Waals surface area (Å²) in [5, 5.41) is 0. The van der Waals surface area contributed by atoms with Crippen LogP contribution in [0.3, 0.4) is 0 Å². The molecule has 0 amide bonds. The van der Waals surface area contributed by atoms with Gasteiger partial charge in [0.25, 0.3) is 0 Å². The summed E-state index contributed by atoms with van der Waals surface area (Å²) in [5.74, 6) is 0.148. The standard InChI is InChI=1S/C12H14F3NO.ClH/c1-3-4-11(16)8-5-9(12(13,14)15)7-10(6-8)17-2;/h3,5-7,11H,1,4,16H2,2H3;1H/t11-;/m1./s1. The molecule has 1 atom stereocenters. The predicted molar refractivity (Wildman–Crippen MR) is 67.0 cm³/mol. The first-order valence-electron chi connectivity index (χ1n) is 5.01. The van der Waals surface area contributed by atoms with Crippen LogP contribution in [0.1, 0.15) is 23.6 Å². The van der Waals surface area contributed by atoms with Crippen molar-refractivity contribution in [2.45, 2.75) is 18.6 Å². The lowest BCUT2D eigenvalue weighted by Crippen LogP contribution is -2.12. The molecule has 0 fully saturated rings. The third kappa shape index (κ3) is 4.23. The van der Waals surface area contributed by atoms with Crippen LogP contribution in [0, 0.1) is 0 Å². The van der Waals surface area contributed by atoms with Gasteiger partial charge in [-0.15, -0.1) is 19.0 Å². The number of halogens is 4. The van der Waals surface area contributed by atoms with Crippen LogP contribution in [0.4, 0.5) is 13.2 Å². The highest BCUT2D eigenvalue weighted by Gasteiger charge is 2.31. The van der Waals surface area contributed by atoms with E-state index in [0.717, 1.165) is 12.1 Å². The molecule has 0 unspecified atom stereocenters. The van der Waals surface area contributed by atoms with Crippen LogP contribution in [-0.2, 0) is 6.18 Å². The fourth-order valence-corrected chi connectivity index (χ4v) is 1.43. The third-order valence-electron chi connectivity index (χ3n) is 2.34. The van der Waals surface area contributed by atoms with Crippen LogP contribution in [0.2, 0.25) is 0 Å². The molecular formula is C12H15ClF3NO. The minimum atomic E-state index is -4.41. The average Bonchev–Trinajstić information content (AvgIpc) is 2.27. The molecule has 0 saturated carbocycles. The molecule has 2 nitrogen and oxygen atoms in total. The largest absolute Gasteiger partial charge is 0.497 e. The maximum Gasteiger partial charge on any atom is 0.416 e. The Morgan fingerprint density at radius 2 is 2.00 bits per heavy atom. The number of hydrogen-bond donors (Lipinski definition) is 1. The van der Waals surface area contributed by atoms with Crippen LogP contribution in [0.15, 0.2) is 30.9 Å². The van der Waals surface area contributed by atoms with Gasteiger partial charge in [0, 0.05) is 6.04 Å². The first-order chi connectivity index (χ1) is 7.88. The van der Waals surface area contributed by atoms with Crippen molar-refractivity contribution in [1.29, 1.82) is 0 Å². The number of hydrogen-bond acceptors (Lipinski definition) is 2. The minimum Gasteiger partial charge on any atom is -0.497 e. The van der Waals surface area contributed by atoms with Gasteiger partial charge in [-0.1, -0.05) is 6.08 Å². The van der Waals surface area contributed by atoms with E-state index in [2.05, 4.69) is 6.58 Å². The topological polar surface area (TPSA) is 35.2 Å². The van der Waals surface area contributed by atoms with Gasteiger partial charge >= 0.3 is 6.18 Å². The molecule has 0 heterocycles. The van der Waals surface area contributed by atoms with E-state index >= 15 is 0 Å². The molecule has 1 aromatic rings. The summed E-state index contributed by atoms with van der Waals surface area (Å²) in [7, 11) is 1.32. The van der Waals surface area contributed by atoms with Crippen molar-refractivity contribution in [3.63, 3.8) is 0 Å². The van der Waals surface area contributed by atoms with Crippen molar-refractivity contribution in [3.8, 4) is 5.75 Å². The highest BCUT2D eigenvalue weighted by molar-refractivity contribution is 5.85. The second-order valence-electron chi connectivity index (χ2n) is 3.62. The highest BCUT2D eigenvalue weighted by atomic mass is 35.5. The molecule has 0 bridgehead atoms. The van der Waals surface area contributed by atoms with Gasteiger partial charge in [-0.3, -0.25) is 0 Å². The minimum absolute atomic E-state index is 0. The van der Waals surface area contributed by atoms with E-state index in [1.54, 1.807) is 6.08 Å². The van der Waals surface area contributed by atoms with E-state index in [1.165, 1.54) is 13.2 Å². The van der Waals surface area contributed by atoms with Gasteiger partial charge in [-0.2, -0.15) is 13.2 Å². The van der Waals surface area contributed by atoms with Gasteiger partial charge in [0.2, 0.25) is 0 Å². The van der Waals surface area contributed by atoms with Gasteiger partial charge in [0.1, 0.15) is 5.75 Å². The van der Waals surface area contributed by atoms with Gasteiger partial charge in [0.15, 0.2) is 0 Å². The number of nitrogens with two attached hydrogens (primary N) is 1. The van der Waals surface area contributed by atoms with Gasteiger partial charge in [-0.25, -0.2) is 0 Å². The number of ether oxygens (including phenoxy) is 1. The van der Waals surface area contributed by atoms with Gasteiger partial charge in [-0.05, 0) is 30.2 Å². The molecule has 0 spiro atoms. The fraction of sp³-hybridized carbons (Fsp3) is 0.333. The number of benzene rings is 1. The van der Waals surface area contributed by atoms with Crippen LogP contribution >= 0.6 is 12.4 Å².